The normalized spacial score (nSPS) is 16.3. The van der Waals surface area contributed by atoms with Gasteiger partial charge in [-0.15, -0.1) is 0 Å². The first-order valence-electron chi connectivity index (χ1n) is 6.28. The van der Waals surface area contributed by atoms with E-state index in [2.05, 4.69) is 0 Å². The molecular weight excluding hydrogens is 230 g/mol. The lowest BCUT2D eigenvalue weighted by molar-refractivity contribution is 0.0329. The van der Waals surface area contributed by atoms with Crippen molar-refractivity contribution >= 4 is 6.09 Å². The fourth-order valence-corrected chi connectivity index (χ4v) is 2.04. The number of benzene rings is 1. The monoisotopic (exact) mass is 249 g/mol. The highest BCUT2D eigenvalue weighted by molar-refractivity contribution is 5.67. The van der Waals surface area contributed by atoms with Crippen LogP contribution in [0.4, 0.5) is 4.79 Å². The van der Waals surface area contributed by atoms with Crippen LogP contribution in [0.15, 0.2) is 30.3 Å². The van der Waals surface area contributed by atoms with E-state index in [9.17, 15) is 4.79 Å². The summed E-state index contributed by atoms with van der Waals surface area (Å²) in [5.74, 6) is 0. The largest absolute Gasteiger partial charge is 0.445 e. The molecule has 0 aliphatic carbocycles. The Kier molecular flexibility index (Phi) is 4.59. The van der Waals surface area contributed by atoms with Gasteiger partial charge < -0.3 is 14.4 Å². The maximum Gasteiger partial charge on any atom is 0.410 e. The second kappa shape index (κ2) is 6.40. The number of nitrogens with zero attached hydrogens (tertiary/aromatic N) is 1. The van der Waals surface area contributed by atoms with Crippen LogP contribution >= 0.6 is 0 Å². The summed E-state index contributed by atoms with van der Waals surface area (Å²) in [5, 5.41) is 0. The fourth-order valence-electron chi connectivity index (χ4n) is 2.04. The second-order valence-corrected chi connectivity index (χ2v) is 4.49. The summed E-state index contributed by atoms with van der Waals surface area (Å²) in [6.07, 6.45) is 1.51. The van der Waals surface area contributed by atoms with Gasteiger partial charge in [0.2, 0.25) is 0 Å². The molecule has 2 rings (SSSR count). The van der Waals surface area contributed by atoms with Crippen LogP contribution in [0.3, 0.4) is 0 Å². The molecule has 1 saturated heterocycles. The molecular formula is C14H19NO3. The topological polar surface area (TPSA) is 38.8 Å². The summed E-state index contributed by atoms with van der Waals surface area (Å²) in [6, 6.07) is 9.95. The van der Waals surface area contributed by atoms with Crippen molar-refractivity contribution in [1.82, 2.24) is 4.90 Å². The van der Waals surface area contributed by atoms with Gasteiger partial charge in [0.25, 0.3) is 0 Å². The third kappa shape index (κ3) is 3.47. The van der Waals surface area contributed by atoms with Crippen LogP contribution < -0.4 is 0 Å². The van der Waals surface area contributed by atoms with E-state index in [0.717, 1.165) is 31.6 Å². The molecule has 1 aliphatic rings. The Morgan fingerprint density at radius 3 is 2.67 bits per heavy atom. The van der Waals surface area contributed by atoms with E-state index < -0.39 is 0 Å². The Balaban J connectivity index is 1.80. The van der Waals surface area contributed by atoms with E-state index in [0.29, 0.717) is 6.61 Å². The molecule has 0 N–H and O–H groups in total. The quantitative estimate of drug-likeness (QED) is 0.826. The zero-order valence-corrected chi connectivity index (χ0v) is 10.7. The summed E-state index contributed by atoms with van der Waals surface area (Å²) < 4.78 is 10.6. The lowest BCUT2D eigenvalue weighted by Crippen LogP contribution is -2.40. The lowest BCUT2D eigenvalue weighted by Gasteiger charge is -2.30. The predicted molar refractivity (Wildman–Crippen MR) is 68.2 cm³/mol. The van der Waals surface area contributed by atoms with E-state index in [1.165, 1.54) is 0 Å². The molecule has 0 atom stereocenters. The van der Waals surface area contributed by atoms with Gasteiger partial charge in [-0.1, -0.05) is 30.3 Å². The molecule has 0 spiro atoms. The summed E-state index contributed by atoms with van der Waals surface area (Å²) in [6.45, 7) is 1.77. The van der Waals surface area contributed by atoms with E-state index in [1.807, 2.05) is 30.3 Å². The zero-order valence-electron chi connectivity index (χ0n) is 10.7. The van der Waals surface area contributed by atoms with Crippen molar-refractivity contribution in [3.05, 3.63) is 35.9 Å². The molecule has 1 aromatic carbocycles. The Bertz CT molecular complexity index is 374. The first-order valence-corrected chi connectivity index (χ1v) is 6.28. The van der Waals surface area contributed by atoms with E-state index in [4.69, 9.17) is 9.47 Å². The van der Waals surface area contributed by atoms with Crippen LogP contribution in [0, 0.1) is 0 Å². The third-order valence-electron chi connectivity index (χ3n) is 3.23. The Labute approximate surface area is 107 Å². The molecule has 0 bridgehead atoms. The van der Waals surface area contributed by atoms with Crippen LogP contribution in [0.1, 0.15) is 18.4 Å². The molecule has 0 aromatic heterocycles. The average Bonchev–Trinajstić information content (AvgIpc) is 2.46. The molecule has 0 radical (unpaired) electrons. The first kappa shape index (κ1) is 12.9. The minimum atomic E-state index is -0.259. The lowest BCUT2D eigenvalue weighted by atomic mass is 10.1. The summed E-state index contributed by atoms with van der Waals surface area (Å²) in [5.41, 5.74) is 1.01. The van der Waals surface area contributed by atoms with Gasteiger partial charge in [0.1, 0.15) is 6.61 Å². The van der Waals surface area contributed by atoms with E-state index >= 15 is 0 Å². The van der Waals surface area contributed by atoms with Crippen molar-refractivity contribution in [2.45, 2.75) is 25.5 Å². The summed E-state index contributed by atoms with van der Waals surface area (Å²) in [4.78, 5) is 13.6. The fraction of sp³-hybridized carbons (Fsp3) is 0.500. The number of hydrogen-bond donors (Lipinski definition) is 0. The Hall–Kier alpha value is -1.55. The predicted octanol–water partition coefficient (Wildman–Crippen LogP) is 2.43. The summed E-state index contributed by atoms with van der Waals surface area (Å²) in [7, 11) is 1.79. The number of ether oxygens (including phenoxy) is 2. The van der Waals surface area contributed by atoms with Crippen LogP contribution in [-0.2, 0) is 16.1 Å². The summed E-state index contributed by atoms with van der Waals surface area (Å²) >= 11 is 0. The van der Waals surface area contributed by atoms with Gasteiger partial charge in [0.05, 0.1) is 0 Å². The molecule has 98 valence electrons. The van der Waals surface area contributed by atoms with Gasteiger partial charge in [-0.2, -0.15) is 0 Å². The molecule has 1 fully saturated rings. The zero-order chi connectivity index (χ0) is 12.8. The van der Waals surface area contributed by atoms with Gasteiger partial charge >= 0.3 is 6.09 Å². The molecule has 1 aliphatic heterocycles. The van der Waals surface area contributed by atoms with E-state index in [-0.39, 0.29) is 12.1 Å². The molecule has 1 aromatic rings. The van der Waals surface area contributed by atoms with Crippen LogP contribution in [0.5, 0.6) is 0 Å². The molecule has 1 heterocycles. The standard InChI is InChI=1S/C14H19NO3/c1-15(13-7-9-17-10-8-13)14(16)18-11-12-5-3-2-4-6-12/h2-6,13H,7-11H2,1H3. The van der Waals surface area contributed by atoms with Crippen molar-refractivity contribution in [1.29, 1.82) is 0 Å². The van der Waals surface area contributed by atoms with Crippen molar-refractivity contribution in [3.8, 4) is 0 Å². The Morgan fingerprint density at radius 1 is 1.33 bits per heavy atom. The second-order valence-electron chi connectivity index (χ2n) is 4.49. The highest BCUT2D eigenvalue weighted by Crippen LogP contribution is 2.14. The molecule has 18 heavy (non-hydrogen) atoms. The number of hydrogen-bond acceptors (Lipinski definition) is 3. The number of rotatable bonds is 3. The molecule has 1 amide bonds. The van der Waals surface area contributed by atoms with Gasteiger partial charge in [-0.25, -0.2) is 4.79 Å². The van der Waals surface area contributed by atoms with Gasteiger partial charge in [-0.05, 0) is 18.4 Å². The maximum absolute atomic E-state index is 11.9. The van der Waals surface area contributed by atoms with Crippen LogP contribution in [0.25, 0.3) is 0 Å². The minimum absolute atomic E-state index is 0.238. The van der Waals surface area contributed by atoms with Crippen molar-refractivity contribution in [2.75, 3.05) is 20.3 Å². The number of carbonyl (C=O) groups excluding carboxylic acids is 1. The van der Waals surface area contributed by atoms with Gasteiger partial charge in [-0.3, -0.25) is 0 Å². The molecule has 4 nitrogen and oxygen atoms in total. The van der Waals surface area contributed by atoms with Crippen molar-refractivity contribution < 1.29 is 14.3 Å². The highest BCUT2D eigenvalue weighted by Gasteiger charge is 2.23. The Morgan fingerprint density at radius 2 is 2.00 bits per heavy atom. The van der Waals surface area contributed by atoms with Crippen LogP contribution in [-0.4, -0.2) is 37.3 Å². The molecule has 0 unspecified atom stereocenters. The average molecular weight is 249 g/mol. The minimum Gasteiger partial charge on any atom is -0.445 e. The third-order valence-corrected chi connectivity index (χ3v) is 3.23. The number of carbonyl (C=O) groups is 1. The highest BCUT2D eigenvalue weighted by atomic mass is 16.6. The maximum atomic E-state index is 11.9. The van der Waals surface area contributed by atoms with Crippen molar-refractivity contribution in [2.24, 2.45) is 0 Å². The SMILES string of the molecule is CN(C(=O)OCc1ccccc1)C1CCOCC1. The molecule has 0 saturated carbocycles. The van der Waals surface area contributed by atoms with Gasteiger partial charge in [0.15, 0.2) is 0 Å². The van der Waals surface area contributed by atoms with Gasteiger partial charge in [0, 0.05) is 26.3 Å². The smallest absolute Gasteiger partial charge is 0.410 e. The first-order chi connectivity index (χ1) is 8.77. The van der Waals surface area contributed by atoms with Crippen LogP contribution in [0.2, 0.25) is 0 Å². The molecule has 4 heteroatoms. The number of amides is 1. The van der Waals surface area contributed by atoms with E-state index in [1.54, 1.807) is 11.9 Å². The van der Waals surface area contributed by atoms with Crippen molar-refractivity contribution in [3.63, 3.8) is 0 Å².